The van der Waals surface area contributed by atoms with Crippen LogP contribution in [0.4, 0.5) is 0 Å². The maximum atomic E-state index is 8.26. The van der Waals surface area contributed by atoms with Gasteiger partial charge in [-0.2, -0.15) is 0 Å². The summed E-state index contributed by atoms with van der Waals surface area (Å²) in [6.45, 7) is 5.11. The van der Waals surface area contributed by atoms with E-state index in [1.807, 2.05) is 30.3 Å². The molecule has 1 heteroatoms. The molecule has 0 spiro atoms. The van der Waals surface area contributed by atoms with Crippen molar-refractivity contribution in [1.29, 1.82) is 0 Å². The minimum Gasteiger partial charge on any atom is -0.313 e. The first-order valence-corrected chi connectivity index (χ1v) is 5.22. The van der Waals surface area contributed by atoms with E-state index in [-0.39, 0.29) is 17.9 Å². The molecule has 0 aromatic heterocycles. The van der Waals surface area contributed by atoms with Crippen LogP contribution in [-0.2, 0) is 6.40 Å². The summed E-state index contributed by atoms with van der Waals surface area (Å²) in [7, 11) is 0. The Kier molecular flexibility index (Phi) is 1.99. The monoisotopic (exact) mass is 191 g/mol. The van der Waals surface area contributed by atoms with E-state index in [1.54, 1.807) is 5.31 Å². The highest BCUT2D eigenvalue weighted by atomic mass is 15.0. The minimum atomic E-state index is -0.305. The first-order valence-electron chi connectivity index (χ1n) is 6.25. The molecule has 0 radical (unpaired) electrons. The Morgan fingerprint density at radius 2 is 2.21 bits per heavy atom. The van der Waals surface area contributed by atoms with Gasteiger partial charge < -0.3 is 5.31 Å². The van der Waals surface area contributed by atoms with Gasteiger partial charge in [0.2, 0.25) is 0 Å². The molecular weight excluding hydrogens is 170 g/mol. The van der Waals surface area contributed by atoms with Gasteiger partial charge in [-0.25, -0.2) is 0 Å². The lowest BCUT2D eigenvalue weighted by Crippen LogP contribution is -2.23. The second kappa shape index (κ2) is 3.74. The molecule has 1 nitrogen and oxygen atoms in total. The molecule has 0 amide bonds. The zero-order valence-electron chi connectivity index (χ0n) is 10.9. The van der Waals surface area contributed by atoms with Crippen molar-refractivity contribution in [1.82, 2.24) is 5.31 Å². The van der Waals surface area contributed by atoms with Crippen LogP contribution in [0.2, 0.25) is 1.41 Å². The van der Waals surface area contributed by atoms with E-state index in [2.05, 4.69) is 13.8 Å². The van der Waals surface area contributed by atoms with Gasteiger partial charge in [-0.15, -0.1) is 0 Å². The molecule has 1 saturated heterocycles. The lowest BCUT2D eigenvalue weighted by Gasteiger charge is -2.15. The Labute approximate surface area is 89.4 Å². The Bertz CT molecular complexity index is 350. The molecule has 2 atom stereocenters. The summed E-state index contributed by atoms with van der Waals surface area (Å²) >= 11 is 0. The minimum absolute atomic E-state index is 0.0254. The molecule has 0 saturated carbocycles. The van der Waals surface area contributed by atoms with Crippen LogP contribution in [0.1, 0.15) is 27.2 Å². The third-order valence-corrected chi connectivity index (χ3v) is 2.70. The quantitative estimate of drug-likeness (QED) is 0.757. The van der Waals surface area contributed by atoms with E-state index in [4.69, 9.17) is 2.78 Å². The van der Waals surface area contributed by atoms with Gasteiger partial charge in [-0.1, -0.05) is 44.2 Å². The highest BCUT2D eigenvalue weighted by Gasteiger charge is 2.29. The van der Waals surface area contributed by atoms with Gasteiger partial charge >= 0.3 is 0 Å². The summed E-state index contributed by atoms with van der Waals surface area (Å²) in [5, 5.41) is 1.59. The normalized spacial score (nSPS) is 30.9. The van der Waals surface area contributed by atoms with Gasteiger partial charge in [-0.05, 0) is 23.8 Å². The van der Waals surface area contributed by atoms with Crippen molar-refractivity contribution in [2.24, 2.45) is 5.41 Å². The predicted molar refractivity (Wildman–Crippen MR) is 60.3 cm³/mol. The highest BCUT2D eigenvalue weighted by molar-refractivity contribution is 5.16. The van der Waals surface area contributed by atoms with Crippen molar-refractivity contribution in [3.05, 3.63) is 35.9 Å². The molecule has 1 aliphatic rings. The molecule has 1 heterocycles. The molecule has 1 N–H and O–H groups in total. The highest BCUT2D eigenvalue weighted by Crippen LogP contribution is 2.28. The first kappa shape index (κ1) is 7.47. The topological polar surface area (TPSA) is 12.0 Å². The summed E-state index contributed by atoms with van der Waals surface area (Å²) in [5.41, 5.74) is 1.18. The average Bonchev–Trinajstić information content (AvgIpc) is 2.52. The van der Waals surface area contributed by atoms with Gasteiger partial charge in [-0.3, -0.25) is 0 Å². The SMILES string of the molecule is [2H][C@H](c1ccccc1)C1CC(C)(C)CN1[2H]. The van der Waals surface area contributed by atoms with Crippen LogP contribution < -0.4 is 5.31 Å². The average molecular weight is 191 g/mol. The van der Waals surface area contributed by atoms with E-state index < -0.39 is 0 Å². The van der Waals surface area contributed by atoms with Crippen molar-refractivity contribution in [2.45, 2.75) is 32.7 Å². The molecule has 1 fully saturated rings. The molecule has 1 unspecified atom stereocenters. The predicted octanol–water partition coefficient (Wildman–Crippen LogP) is 2.62. The first-order chi connectivity index (χ1) is 7.49. The second-order valence-corrected chi connectivity index (χ2v) is 4.85. The van der Waals surface area contributed by atoms with Crippen LogP contribution in [0.15, 0.2) is 30.3 Å². The second-order valence-electron chi connectivity index (χ2n) is 4.85. The van der Waals surface area contributed by atoms with Gasteiger partial charge in [0, 0.05) is 14.0 Å². The molecule has 0 bridgehead atoms. The van der Waals surface area contributed by atoms with Gasteiger partial charge in [0.1, 0.15) is 1.41 Å². The van der Waals surface area contributed by atoms with Crippen molar-refractivity contribution in [3.8, 4) is 0 Å². The number of hydrogen-bond acceptors (Lipinski definition) is 1. The van der Waals surface area contributed by atoms with Crippen molar-refractivity contribution in [3.63, 3.8) is 0 Å². The lowest BCUT2D eigenvalue weighted by atomic mass is 9.89. The summed E-state index contributed by atoms with van der Waals surface area (Å²) < 4.78 is 16.2. The Hall–Kier alpha value is -0.820. The van der Waals surface area contributed by atoms with Crippen LogP contribution in [-0.4, -0.2) is 12.6 Å². The maximum Gasteiger partial charge on any atom is 0.123 e. The number of hydrogen-bond donors (Lipinski definition) is 1. The third kappa shape index (κ3) is 2.36. The van der Waals surface area contributed by atoms with Crippen molar-refractivity contribution in [2.75, 3.05) is 6.54 Å². The molecule has 1 aromatic rings. The summed E-state index contributed by atoms with van der Waals surface area (Å²) in [5.74, 6) is 0. The van der Waals surface area contributed by atoms with Crippen LogP contribution in [0.25, 0.3) is 0 Å². The zero-order valence-corrected chi connectivity index (χ0v) is 8.90. The zero-order chi connectivity index (χ0) is 11.8. The van der Waals surface area contributed by atoms with E-state index >= 15 is 0 Å². The van der Waals surface area contributed by atoms with Crippen molar-refractivity contribution >= 4 is 0 Å². The fraction of sp³-hybridized carbons (Fsp3) is 0.538. The summed E-state index contributed by atoms with van der Waals surface area (Å²) in [6, 6.07) is 9.88. The molecular formula is C13H19N. The number of rotatable bonds is 2. The summed E-state index contributed by atoms with van der Waals surface area (Å²) in [6.07, 6.45) is 0.625. The Balaban J connectivity index is 2.14. The molecule has 76 valence electrons. The van der Waals surface area contributed by atoms with Crippen LogP contribution in [0, 0.1) is 5.41 Å². The number of nitrogens with one attached hydrogen (secondary N) is 1. The molecule has 1 aromatic carbocycles. The van der Waals surface area contributed by atoms with Crippen LogP contribution in [0.5, 0.6) is 0 Å². The number of benzene rings is 1. The van der Waals surface area contributed by atoms with E-state index in [9.17, 15) is 0 Å². The van der Waals surface area contributed by atoms with Crippen molar-refractivity contribution < 1.29 is 2.78 Å². The summed E-state index contributed by atoms with van der Waals surface area (Å²) in [4.78, 5) is 0. The van der Waals surface area contributed by atoms with E-state index in [0.29, 0.717) is 0 Å². The lowest BCUT2D eigenvalue weighted by molar-refractivity contribution is 0.401. The molecule has 1 aliphatic heterocycles. The largest absolute Gasteiger partial charge is 0.313 e. The van der Waals surface area contributed by atoms with Gasteiger partial charge in [0.15, 0.2) is 0 Å². The molecule has 0 aliphatic carbocycles. The standard InChI is InChI=1S/C13H19N/c1-13(2)9-12(14-10-13)8-11-6-4-3-5-7-11/h3-7,12,14H,8-10H2,1-2H3/i8D/hD/t8-,12?/m1/s1. The van der Waals surface area contributed by atoms with Gasteiger partial charge in [0.25, 0.3) is 0 Å². The third-order valence-electron chi connectivity index (χ3n) is 2.70. The van der Waals surface area contributed by atoms with E-state index in [1.165, 1.54) is 0 Å². The van der Waals surface area contributed by atoms with Crippen LogP contribution in [0.3, 0.4) is 0 Å². The fourth-order valence-electron chi connectivity index (χ4n) is 1.96. The maximum absolute atomic E-state index is 8.26. The van der Waals surface area contributed by atoms with Crippen LogP contribution >= 0.6 is 0 Å². The van der Waals surface area contributed by atoms with Gasteiger partial charge in [0.05, 0.1) is 0 Å². The van der Waals surface area contributed by atoms with E-state index in [0.717, 1.165) is 18.5 Å². The Morgan fingerprint density at radius 3 is 2.79 bits per heavy atom. The smallest absolute Gasteiger partial charge is 0.123 e. The molecule has 14 heavy (non-hydrogen) atoms. The fourth-order valence-corrected chi connectivity index (χ4v) is 1.96. The Morgan fingerprint density at radius 1 is 1.50 bits per heavy atom. The molecule has 2 rings (SSSR count).